The number of likely N-dealkylation sites (N-methyl/N-ethyl adjacent to an activating group) is 1. The van der Waals surface area contributed by atoms with Gasteiger partial charge in [0.1, 0.15) is 12.1 Å². The van der Waals surface area contributed by atoms with E-state index in [1.165, 1.54) is 12.0 Å². The van der Waals surface area contributed by atoms with Gasteiger partial charge >= 0.3 is 5.97 Å². The summed E-state index contributed by atoms with van der Waals surface area (Å²) < 4.78 is 0. The van der Waals surface area contributed by atoms with Crippen LogP contribution in [0.5, 0.6) is 0 Å². The molecule has 0 aliphatic heterocycles. The van der Waals surface area contributed by atoms with Crippen LogP contribution >= 0.6 is 11.6 Å². The van der Waals surface area contributed by atoms with Crippen molar-refractivity contribution in [3.05, 3.63) is 46.0 Å². The van der Waals surface area contributed by atoms with Crippen LogP contribution in [0.2, 0.25) is 5.02 Å². The van der Waals surface area contributed by atoms with Gasteiger partial charge in [-0.2, -0.15) is 0 Å². The number of Topliss-reactive ketones (excluding diaryl/α,β-unsaturated/α-hetero) is 2. The molecule has 5 fully saturated rings. The molecule has 0 bridgehead atoms. The Bertz CT molecular complexity index is 1810. The van der Waals surface area contributed by atoms with E-state index in [-0.39, 0.29) is 71.5 Å². The Morgan fingerprint density at radius 1 is 1.00 bits per heavy atom. The Balaban J connectivity index is 0.000000575. The van der Waals surface area contributed by atoms with Gasteiger partial charge in [0, 0.05) is 54.3 Å². The molecule has 11 heteroatoms. The van der Waals surface area contributed by atoms with Gasteiger partial charge < -0.3 is 26.6 Å². The number of aldehydes is 1. The topological polar surface area (TPSA) is 176 Å². The van der Waals surface area contributed by atoms with Crippen molar-refractivity contribution < 1.29 is 34.2 Å². The standard InChI is InChI=1S/C41H65N3O6.C7H5ClO/c1-22(2)35-32(46)18-40(19-34(47)44-41(50,20-42)21-43-7)15-13-25-26-9-11-33-38(4,5)24(16-31(45)28-17-29(23(28)3)37(48)49)12-14-39(33,6)30(26)10-8-27(25)36(35)40;8-7-3-1-6(5-9)2-4-7/h22-30,33,43,50H,8-21,42H2,1-7H3,(H,44,47)(H,48,49);1-5H. The molecule has 0 radical (unpaired) electrons. The van der Waals surface area contributed by atoms with E-state index in [0.717, 1.165) is 56.8 Å². The van der Waals surface area contributed by atoms with E-state index in [2.05, 4.69) is 45.3 Å². The van der Waals surface area contributed by atoms with Crippen molar-refractivity contribution in [1.82, 2.24) is 10.6 Å². The van der Waals surface area contributed by atoms with Gasteiger partial charge in [0.25, 0.3) is 0 Å². The molecule has 1 aromatic carbocycles. The Kier molecular flexibility index (Phi) is 13.5. The van der Waals surface area contributed by atoms with Gasteiger partial charge in [-0.1, -0.05) is 70.8 Å². The van der Waals surface area contributed by atoms with Crippen LogP contribution in [-0.4, -0.2) is 65.8 Å². The van der Waals surface area contributed by atoms with E-state index >= 15 is 0 Å². The smallest absolute Gasteiger partial charge is 0.306 e. The van der Waals surface area contributed by atoms with Crippen LogP contribution in [0.4, 0.5) is 0 Å². The number of aliphatic hydroxyl groups is 1. The number of nitrogens with two attached hydrogens (primary N) is 1. The summed E-state index contributed by atoms with van der Waals surface area (Å²) in [6.45, 7) is 13.6. The van der Waals surface area contributed by atoms with E-state index in [4.69, 9.17) is 17.3 Å². The first-order chi connectivity index (χ1) is 27.8. The predicted molar refractivity (Wildman–Crippen MR) is 229 cm³/mol. The van der Waals surface area contributed by atoms with Crippen LogP contribution in [0.25, 0.3) is 0 Å². The molecule has 6 aliphatic carbocycles. The Morgan fingerprint density at radius 2 is 1.69 bits per heavy atom. The number of rotatable bonds is 12. The average Bonchev–Trinajstić information content (AvgIpc) is 3.47. The molecule has 0 heterocycles. The van der Waals surface area contributed by atoms with Gasteiger partial charge in [0.15, 0.2) is 11.5 Å². The van der Waals surface area contributed by atoms with Crippen LogP contribution in [0, 0.1) is 75.4 Å². The van der Waals surface area contributed by atoms with E-state index in [1.54, 1.807) is 31.3 Å². The van der Waals surface area contributed by atoms with Crippen molar-refractivity contribution in [2.75, 3.05) is 20.1 Å². The first kappa shape index (κ1) is 45.6. The third kappa shape index (κ3) is 8.50. The number of ketones is 2. The molecule has 0 saturated heterocycles. The number of hydrogen-bond acceptors (Lipinski definition) is 8. The van der Waals surface area contributed by atoms with Crippen molar-refractivity contribution in [1.29, 1.82) is 0 Å². The third-order valence-electron chi connectivity index (χ3n) is 17.0. The van der Waals surface area contributed by atoms with Gasteiger partial charge in [-0.15, -0.1) is 0 Å². The summed E-state index contributed by atoms with van der Waals surface area (Å²) in [7, 11) is 1.71. The maximum atomic E-state index is 13.8. The van der Waals surface area contributed by atoms with Crippen molar-refractivity contribution >= 4 is 41.3 Å². The molecule has 0 spiro atoms. The normalized spacial score (nSPS) is 36.7. The molecule has 7 rings (SSSR count). The number of allylic oxidation sites excluding steroid dienone is 2. The summed E-state index contributed by atoms with van der Waals surface area (Å²) in [6.07, 6.45) is 11.0. The summed E-state index contributed by atoms with van der Waals surface area (Å²) in [5, 5.41) is 26.8. The lowest BCUT2D eigenvalue weighted by molar-refractivity contribution is -0.163. The van der Waals surface area contributed by atoms with E-state index in [1.807, 2.05) is 6.92 Å². The van der Waals surface area contributed by atoms with Crippen molar-refractivity contribution in [3.63, 3.8) is 0 Å². The van der Waals surface area contributed by atoms with Crippen LogP contribution in [0.1, 0.15) is 129 Å². The number of fused-ring (bicyclic) bond motifs is 7. The summed E-state index contributed by atoms with van der Waals surface area (Å²) in [5.41, 5.74) is 6.96. The molecule has 326 valence electrons. The van der Waals surface area contributed by atoms with Gasteiger partial charge in [0.2, 0.25) is 5.91 Å². The lowest BCUT2D eigenvalue weighted by Crippen LogP contribution is -2.60. The first-order valence-electron chi connectivity index (χ1n) is 22.4. The summed E-state index contributed by atoms with van der Waals surface area (Å²) >= 11 is 5.55. The van der Waals surface area contributed by atoms with Gasteiger partial charge in [0.05, 0.1) is 5.92 Å². The van der Waals surface area contributed by atoms with Crippen molar-refractivity contribution in [3.8, 4) is 0 Å². The van der Waals surface area contributed by atoms with E-state index in [0.29, 0.717) is 65.4 Å². The first-order valence-corrected chi connectivity index (χ1v) is 22.8. The van der Waals surface area contributed by atoms with Crippen molar-refractivity contribution in [2.45, 2.75) is 124 Å². The lowest BCUT2D eigenvalue weighted by atomic mass is 9.39. The predicted octanol–water partition coefficient (Wildman–Crippen LogP) is 7.64. The number of carboxylic acid groups (broad SMARTS) is 1. The largest absolute Gasteiger partial charge is 0.481 e. The highest BCUT2D eigenvalue weighted by Gasteiger charge is 2.63. The molecule has 1 amide bonds. The number of aliphatic carboxylic acids is 1. The molecule has 1 aromatic rings. The molecular weight excluding hydrogens is 766 g/mol. The quantitative estimate of drug-likeness (QED) is 0.105. The minimum Gasteiger partial charge on any atom is -0.481 e. The molecule has 12 atom stereocenters. The van der Waals surface area contributed by atoms with Crippen LogP contribution < -0.4 is 16.4 Å². The fourth-order valence-electron chi connectivity index (χ4n) is 14.0. The van der Waals surface area contributed by atoms with E-state index in [9.17, 15) is 34.2 Å². The minimum absolute atomic E-state index is 0.0305. The number of carbonyl (C=O) groups excluding carboxylic acids is 4. The molecule has 12 unspecified atom stereocenters. The number of amides is 1. The Morgan fingerprint density at radius 3 is 2.29 bits per heavy atom. The van der Waals surface area contributed by atoms with Gasteiger partial charge in [-0.3, -0.25) is 24.0 Å². The Labute approximate surface area is 356 Å². The van der Waals surface area contributed by atoms with Crippen LogP contribution in [0.15, 0.2) is 35.4 Å². The maximum absolute atomic E-state index is 13.8. The number of benzene rings is 1. The van der Waals surface area contributed by atoms with Crippen LogP contribution in [-0.2, 0) is 19.2 Å². The zero-order chi connectivity index (χ0) is 43.2. The van der Waals surface area contributed by atoms with Gasteiger partial charge in [-0.25, -0.2) is 0 Å². The monoisotopic (exact) mass is 835 g/mol. The maximum Gasteiger partial charge on any atom is 0.306 e. The number of carboxylic acids is 1. The summed E-state index contributed by atoms with van der Waals surface area (Å²) in [6, 6.07) is 6.72. The van der Waals surface area contributed by atoms with Crippen LogP contribution in [0.3, 0.4) is 0 Å². The minimum atomic E-state index is -1.53. The summed E-state index contributed by atoms with van der Waals surface area (Å²) in [5.74, 6) is 1.90. The average molecular weight is 837 g/mol. The molecule has 0 aromatic heterocycles. The second-order valence-electron chi connectivity index (χ2n) is 20.7. The zero-order valence-electron chi connectivity index (χ0n) is 36.5. The number of halogens is 1. The highest BCUT2D eigenvalue weighted by atomic mass is 35.5. The molecule has 10 nitrogen and oxygen atoms in total. The second kappa shape index (κ2) is 17.5. The summed E-state index contributed by atoms with van der Waals surface area (Å²) in [4.78, 5) is 62.5. The molecule has 5 saturated carbocycles. The molecule has 6 N–H and O–H groups in total. The molecular formula is C48H70ClN3O7. The lowest BCUT2D eigenvalue weighted by Gasteiger charge is -2.65. The fraction of sp³-hybridized carbons (Fsp3) is 0.729. The van der Waals surface area contributed by atoms with Crippen molar-refractivity contribution in [2.24, 2.45) is 81.2 Å². The number of nitrogens with one attached hydrogen (secondary N) is 2. The number of hydrogen-bond donors (Lipinski definition) is 5. The Hall–Kier alpha value is -2.92. The number of carbonyl (C=O) groups is 5. The molecule has 6 aliphatic rings. The highest BCUT2D eigenvalue weighted by molar-refractivity contribution is 6.30. The SMILES string of the molecule is CNCC(O)(CN)NC(=O)CC12CCC3C(CCC4C3CCC3C(C)(C)C(CC(=O)C5CC(C(=O)O)C5C)CCC43C)C1=C(C(C)C)C(=O)C2.O=Cc1ccc(Cl)cc1. The van der Waals surface area contributed by atoms with Gasteiger partial charge in [-0.05, 0) is 141 Å². The third-order valence-corrected chi connectivity index (χ3v) is 17.2. The highest BCUT2D eigenvalue weighted by Crippen LogP contribution is 2.70. The zero-order valence-corrected chi connectivity index (χ0v) is 37.2. The fourth-order valence-corrected chi connectivity index (χ4v) is 14.2. The molecule has 59 heavy (non-hydrogen) atoms. The van der Waals surface area contributed by atoms with E-state index < -0.39 is 17.1 Å². The second-order valence-corrected chi connectivity index (χ2v) is 21.1.